The van der Waals surface area contributed by atoms with Gasteiger partial charge in [-0.25, -0.2) is 0 Å². The van der Waals surface area contributed by atoms with E-state index in [9.17, 15) is 52.2 Å². The normalized spacial score (nSPS) is 16.0. The molecule has 0 spiro atoms. The van der Waals surface area contributed by atoms with Gasteiger partial charge in [-0.15, -0.1) is 12.4 Å². The van der Waals surface area contributed by atoms with Crippen LogP contribution in [0.2, 0.25) is 0 Å². The lowest BCUT2D eigenvalue weighted by Gasteiger charge is -2.28. The molecule has 20 heteroatoms. The number of benzene rings is 2. The number of hydrogen-bond acceptors (Lipinski definition) is 11. The summed E-state index contributed by atoms with van der Waals surface area (Å²) in [6.45, 7) is -0.624. The topological polar surface area (TPSA) is 294 Å². The number of primary amides is 1. The molecule has 0 unspecified atom stereocenters. The number of likely N-dealkylation sites (tertiary alicyclic amines) is 1. The molecule has 1 saturated heterocycles. The minimum atomic E-state index is -4.81. The molecule has 1 heterocycles. The number of halogens is 1. The summed E-state index contributed by atoms with van der Waals surface area (Å²) in [5.41, 5.74) is 12.1. The van der Waals surface area contributed by atoms with E-state index >= 15 is 0 Å². The van der Waals surface area contributed by atoms with Crippen LogP contribution in [-0.4, -0.2) is 100 Å². The van der Waals surface area contributed by atoms with Crippen molar-refractivity contribution >= 4 is 57.7 Å². The van der Waals surface area contributed by atoms with Crippen molar-refractivity contribution in [1.82, 2.24) is 20.9 Å². The van der Waals surface area contributed by atoms with E-state index < -0.39 is 81.0 Å². The summed E-state index contributed by atoms with van der Waals surface area (Å²) in [6.07, 6.45) is 0.591. The number of non-ortho nitro benzene ring substituents is 1. The van der Waals surface area contributed by atoms with Gasteiger partial charge in [-0.05, 0) is 42.5 Å². The number of carbonyl (C=O) groups excluding carboxylic acids is 5. The van der Waals surface area contributed by atoms with Crippen molar-refractivity contribution in [2.24, 2.45) is 11.5 Å². The minimum absolute atomic E-state index is 0. The number of nitrogens with two attached hydrogens (primary N) is 2. The van der Waals surface area contributed by atoms with Gasteiger partial charge in [-0.3, -0.25) is 38.6 Å². The maximum absolute atomic E-state index is 13.5. The first kappa shape index (κ1) is 39.3. The van der Waals surface area contributed by atoms with E-state index in [0.29, 0.717) is 24.0 Å². The molecule has 0 aliphatic carbocycles. The van der Waals surface area contributed by atoms with Crippen molar-refractivity contribution in [2.45, 2.75) is 49.9 Å². The Bertz CT molecular complexity index is 1610. The van der Waals surface area contributed by atoms with Crippen LogP contribution in [-0.2, 0) is 46.9 Å². The molecule has 0 aromatic heterocycles. The van der Waals surface area contributed by atoms with Gasteiger partial charge >= 0.3 is 0 Å². The van der Waals surface area contributed by atoms with Crippen molar-refractivity contribution in [3.8, 4) is 5.75 Å². The summed E-state index contributed by atoms with van der Waals surface area (Å²) in [4.78, 5) is 75.4. The zero-order valence-corrected chi connectivity index (χ0v) is 26.9. The van der Waals surface area contributed by atoms with E-state index in [-0.39, 0.29) is 43.2 Å². The number of rotatable bonds is 15. The second-order valence-corrected chi connectivity index (χ2v) is 12.3. The third-order valence-electron chi connectivity index (χ3n) is 7.25. The highest BCUT2D eigenvalue weighted by Crippen LogP contribution is 2.20. The van der Waals surface area contributed by atoms with Gasteiger partial charge in [0.05, 0.1) is 17.5 Å². The quantitative estimate of drug-likeness (QED) is 0.0616. The number of phenolic OH excluding ortho intramolecular Hbond substituents is 1. The van der Waals surface area contributed by atoms with Gasteiger partial charge in [0.25, 0.3) is 15.8 Å². The van der Waals surface area contributed by atoms with Crippen molar-refractivity contribution in [3.63, 3.8) is 0 Å². The summed E-state index contributed by atoms with van der Waals surface area (Å²) in [5.74, 6) is -5.71. The van der Waals surface area contributed by atoms with Gasteiger partial charge in [0, 0.05) is 25.1 Å². The fourth-order valence-corrected chi connectivity index (χ4v) is 5.56. The fraction of sp³-hybridized carbons (Fsp3) is 0.393. The van der Waals surface area contributed by atoms with Gasteiger partial charge in [0.2, 0.25) is 29.5 Å². The van der Waals surface area contributed by atoms with Crippen LogP contribution in [0.4, 0.5) is 5.69 Å². The Labute approximate surface area is 280 Å². The lowest BCUT2D eigenvalue weighted by Crippen LogP contribution is -2.57. The SMILES string of the molecule is Cl.NC(=O)[C@@H]1CCCN1C(=O)[C@H](Cc1ccc([N+](=O)[O-])cc1)NC(=O)CNC(=O)[C@H](CS(=O)(=O)O)NC(=O)[C@@H](N)Cc1ccc(O)cc1. The molecule has 2 aromatic rings. The largest absolute Gasteiger partial charge is 0.508 e. The highest BCUT2D eigenvalue weighted by atomic mass is 35.5. The third kappa shape index (κ3) is 11.7. The van der Waals surface area contributed by atoms with E-state index in [2.05, 4.69) is 16.0 Å². The Balaban J connectivity index is 0.00000800. The Hall–Kier alpha value is -4.85. The van der Waals surface area contributed by atoms with Gasteiger partial charge in [0.15, 0.2) is 0 Å². The number of amides is 5. The predicted octanol–water partition coefficient (Wildman–Crippen LogP) is -1.72. The average molecular weight is 714 g/mol. The van der Waals surface area contributed by atoms with Crippen LogP contribution in [0.3, 0.4) is 0 Å². The van der Waals surface area contributed by atoms with Gasteiger partial charge in [-0.1, -0.05) is 24.3 Å². The molecule has 0 saturated carbocycles. The molecule has 0 radical (unpaired) electrons. The molecule has 18 nitrogen and oxygen atoms in total. The number of phenols is 1. The second kappa shape index (κ2) is 17.3. The smallest absolute Gasteiger partial charge is 0.269 e. The first-order valence-corrected chi connectivity index (χ1v) is 15.8. The minimum Gasteiger partial charge on any atom is -0.508 e. The maximum atomic E-state index is 13.5. The molecule has 3 rings (SSSR count). The van der Waals surface area contributed by atoms with E-state index in [1.807, 2.05) is 0 Å². The molecule has 5 amide bonds. The lowest BCUT2D eigenvalue weighted by molar-refractivity contribution is -0.384. The van der Waals surface area contributed by atoms with E-state index in [0.717, 1.165) is 0 Å². The van der Waals surface area contributed by atoms with Crippen molar-refractivity contribution < 1.29 is 47.0 Å². The Kier molecular flexibility index (Phi) is 14.2. The van der Waals surface area contributed by atoms with Crippen LogP contribution in [0.5, 0.6) is 5.75 Å². The molecule has 0 bridgehead atoms. The molecule has 262 valence electrons. The number of carbonyl (C=O) groups is 5. The molecular formula is C28H36ClN7O11S. The zero-order chi connectivity index (χ0) is 34.9. The van der Waals surface area contributed by atoms with Gasteiger partial charge < -0.3 is 37.4 Å². The van der Waals surface area contributed by atoms with Crippen LogP contribution in [0.15, 0.2) is 48.5 Å². The third-order valence-corrected chi connectivity index (χ3v) is 8.00. The number of nitro groups is 1. The molecule has 48 heavy (non-hydrogen) atoms. The van der Waals surface area contributed by atoms with Gasteiger partial charge in [-0.2, -0.15) is 8.42 Å². The van der Waals surface area contributed by atoms with E-state index in [1.54, 1.807) is 0 Å². The highest BCUT2D eigenvalue weighted by molar-refractivity contribution is 7.85. The summed E-state index contributed by atoms with van der Waals surface area (Å²) >= 11 is 0. The molecule has 4 atom stereocenters. The molecule has 1 fully saturated rings. The Morgan fingerprint density at radius 2 is 1.54 bits per heavy atom. The van der Waals surface area contributed by atoms with Crippen LogP contribution >= 0.6 is 12.4 Å². The Morgan fingerprint density at radius 1 is 0.958 bits per heavy atom. The summed E-state index contributed by atoms with van der Waals surface area (Å²) < 4.78 is 32.5. The van der Waals surface area contributed by atoms with Crippen molar-refractivity contribution in [1.29, 1.82) is 0 Å². The lowest BCUT2D eigenvalue weighted by atomic mass is 10.0. The number of hydrogen-bond donors (Lipinski definition) is 7. The summed E-state index contributed by atoms with van der Waals surface area (Å²) in [7, 11) is -4.81. The van der Waals surface area contributed by atoms with E-state index in [1.165, 1.54) is 53.4 Å². The first-order chi connectivity index (χ1) is 22.0. The highest BCUT2D eigenvalue weighted by Gasteiger charge is 2.37. The predicted molar refractivity (Wildman–Crippen MR) is 171 cm³/mol. The maximum Gasteiger partial charge on any atom is 0.269 e. The van der Waals surface area contributed by atoms with Gasteiger partial charge in [0.1, 0.15) is 29.6 Å². The molecule has 2 aromatic carbocycles. The van der Waals surface area contributed by atoms with E-state index in [4.69, 9.17) is 11.5 Å². The number of nitro benzene ring substituents is 1. The summed E-state index contributed by atoms with van der Waals surface area (Å²) in [6, 6.07) is 5.58. The van der Waals surface area contributed by atoms with Crippen LogP contribution < -0.4 is 27.4 Å². The fourth-order valence-electron chi connectivity index (χ4n) is 4.90. The first-order valence-electron chi connectivity index (χ1n) is 14.2. The average Bonchev–Trinajstić information content (AvgIpc) is 3.50. The zero-order valence-electron chi connectivity index (χ0n) is 25.3. The molecule has 9 N–H and O–H groups in total. The number of nitrogens with zero attached hydrogens (tertiary/aromatic N) is 2. The molecule has 1 aliphatic heterocycles. The molecule has 1 aliphatic rings. The number of aromatic hydroxyl groups is 1. The number of nitrogens with one attached hydrogen (secondary N) is 3. The summed E-state index contributed by atoms with van der Waals surface area (Å²) in [5, 5.41) is 27.2. The standard InChI is InChI=1S/C28H35N7O11S.ClH/c29-20(12-16-5-9-19(36)10-6-16)26(39)33-22(15-47(44,45)46)27(40)31-14-24(37)32-21(13-17-3-7-18(8-4-17)35(42)43)28(41)34-11-1-2-23(34)25(30)38;/h3-10,20-23,36H,1-2,11-15,29H2,(H2,30,38)(H,31,40)(H,32,37)(H,33,39)(H,44,45,46);1H/t20-,21-,22-,23-;/m0./s1. The van der Waals surface area contributed by atoms with Crippen LogP contribution in [0.25, 0.3) is 0 Å². The van der Waals surface area contributed by atoms with Crippen LogP contribution in [0, 0.1) is 10.1 Å². The van der Waals surface area contributed by atoms with Crippen molar-refractivity contribution in [3.05, 3.63) is 69.8 Å². The second-order valence-electron chi connectivity index (χ2n) is 10.8. The monoisotopic (exact) mass is 713 g/mol. The molecular weight excluding hydrogens is 678 g/mol. The van der Waals surface area contributed by atoms with Crippen molar-refractivity contribution in [2.75, 3.05) is 18.8 Å². The Morgan fingerprint density at radius 3 is 2.10 bits per heavy atom. The van der Waals surface area contributed by atoms with Crippen LogP contribution in [0.1, 0.15) is 24.0 Å².